The van der Waals surface area contributed by atoms with Crippen LogP contribution in [0, 0.1) is 11.3 Å². The van der Waals surface area contributed by atoms with Gasteiger partial charge in [0.15, 0.2) is 11.8 Å². The number of carbonyl (C=O) groups is 3. The minimum atomic E-state index is -1.30. The summed E-state index contributed by atoms with van der Waals surface area (Å²) in [7, 11) is 3.32. The number of imide groups is 1. The molecule has 8 heteroatoms. The van der Waals surface area contributed by atoms with Gasteiger partial charge in [-0.15, -0.1) is 0 Å². The number of carbonyl (C=O) groups excluding carboxylic acids is 3. The topological polar surface area (TPSA) is 112 Å². The van der Waals surface area contributed by atoms with Gasteiger partial charge in [0.2, 0.25) is 0 Å². The molecule has 0 radical (unpaired) electrons. The van der Waals surface area contributed by atoms with Crippen LogP contribution in [0.2, 0.25) is 0 Å². The molecule has 1 saturated heterocycles. The zero-order valence-electron chi connectivity index (χ0n) is 16.1. The Morgan fingerprint density at radius 1 is 1.21 bits per heavy atom. The molecule has 29 heavy (non-hydrogen) atoms. The van der Waals surface area contributed by atoms with Crippen molar-refractivity contribution in [3.05, 3.63) is 64.7 Å². The molecule has 1 fully saturated rings. The molecule has 0 aromatic heterocycles. The lowest BCUT2D eigenvalue weighted by molar-refractivity contribution is -0.125. The number of hydrogen-bond acceptors (Lipinski definition) is 6. The summed E-state index contributed by atoms with van der Waals surface area (Å²) in [6.45, 7) is 0.542. The van der Waals surface area contributed by atoms with Crippen LogP contribution in [0.4, 0.5) is 4.79 Å². The average molecular weight is 392 g/mol. The number of methoxy groups -OCH3 is 1. The number of ether oxygens (including phenoxy) is 1. The van der Waals surface area contributed by atoms with E-state index in [9.17, 15) is 14.4 Å². The largest absolute Gasteiger partial charge is 0.497 e. The SMILES string of the molecule is COc1ccc(CN(C)C[C@@]2(c3ccc(C#N)cc3)NC(=O)NC2=O)c(C=O)c1. The fourth-order valence-electron chi connectivity index (χ4n) is 3.43. The van der Waals surface area contributed by atoms with Gasteiger partial charge in [0.25, 0.3) is 5.91 Å². The summed E-state index contributed by atoms with van der Waals surface area (Å²) in [6.07, 6.45) is 0.756. The first-order valence-electron chi connectivity index (χ1n) is 8.86. The van der Waals surface area contributed by atoms with Gasteiger partial charge in [0.05, 0.1) is 18.7 Å². The second kappa shape index (κ2) is 8.12. The summed E-state index contributed by atoms with van der Waals surface area (Å²) in [5.74, 6) is 0.111. The molecule has 1 aliphatic rings. The van der Waals surface area contributed by atoms with Crippen molar-refractivity contribution in [3.8, 4) is 11.8 Å². The molecular weight excluding hydrogens is 372 g/mol. The number of amides is 3. The number of hydrogen-bond donors (Lipinski definition) is 2. The van der Waals surface area contributed by atoms with Gasteiger partial charge in [0.1, 0.15) is 5.75 Å². The summed E-state index contributed by atoms with van der Waals surface area (Å²) in [6, 6.07) is 13.2. The van der Waals surface area contributed by atoms with E-state index < -0.39 is 17.5 Å². The molecule has 1 atom stereocenters. The second-order valence-electron chi connectivity index (χ2n) is 6.86. The van der Waals surface area contributed by atoms with E-state index in [1.54, 1.807) is 49.5 Å². The average Bonchev–Trinajstić information content (AvgIpc) is 3.01. The molecule has 0 aliphatic carbocycles. The van der Waals surface area contributed by atoms with E-state index in [4.69, 9.17) is 10.00 Å². The van der Waals surface area contributed by atoms with Gasteiger partial charge in [-0.2, -0.15) is 5.26 Å². The number of nitrogens with one attached hydrogen (secondary N) is 2. The third kappa shape index (κ3) is 3.95. The van der Waals surface area contributed by atoms with Crippen LogP contribution >= 0.6 is 0 Å². The van der Waals surface area contributed by atoms with E-state index in [1.165, 1.54) is 7.11 Å². The minimum absolute atomic E-state index is 0.167. The van der Waals surface area contributed by atoms with Gasteiger partial charge in [-0.25, -0.2) is 4.79 Å². The van der Waals surface area contributed by atoms with E-state index in [2.05, 4.69) is 10.6 Å². The third-order valence-corrected chi connectivity index (χ3v) is 4.88. The minimum Gasteiger partial charge on any atom is -0.497 e. The van der Waals surface area contributed by atoms with Crippen molar-refractivity contribution in [2.75, 3.05) is 20.7 Å². The van der Waals surface area contributed by atoms with Crippen molar-refractivity contribution in [2.45, 2.75) is 12.1 Å². The first kappa shape index (κ1) is 20.0. The number of aldehydes is 1. The normalized spacial score (nSPS) is 18.1. The van der Waals surface area contributed by atoms with Crippen molar-refractivity contribution >= 4 is 18.2 Å². The number of nitrogens with zero attached hydrogens (tertiary/aromatic N) is 2. The highest BCUT2D eigenvalue weighted by molar-refractivity contribution is 6.07. The molecule has 0 spiro atoms. The van der Waals surface area contributed by atoms with Gasteiger partial charge in [-0.1, -0.05) is 18.2 Å². The Balaban J connectivity index is 1.89. The Hall–Kier alpha value is -3.70. The maximum atomic E-state index is 12.7. The van der Waals surface area contributed by atoms with Crippen molar-refractivity contribution in [2.24, 2.45) is 0 Å². The fraction of sp³-hybridized carbons (Fsp3) is 0.238. The first-order valence-corrected chi connectivity index (χ1v) is 8.86. The van der Waals surface area contributed by atoms with Crippen molar-refractivity contribution in [3.63, 3.8) is 0 Å². The standard InChI is InChI=1S/C21H20N4O4/c1-25(11-15-5-8-18(29-2)9-16(15)12-26)13-21(19(27)23-20(28)24-21)17-6-3-14(10-22)4-7-17/h3-9,12H,11,13H2,1-2H3,(H2,23,24,27,28)/t21-/m0/s1. The van der Waals surface area contributed by atoms with Crippen molar-refractivity contribution in [1.29, 1.82) is 5.26 Å². The van der Waals surface area contributed by atoms with Gasteiger partial charge < -0.3 is 10.1 Å². The molecule has 1 heterocycles. The second-order valence-corrected chi connectivity index (χ2v) is 6.86. The molecule has 3 rings (SSSR count). The van der Waals surface area contributed by atoms with Gasteiger partial charge in [-0.3, -0.25) is 19.8 Å². The van der Waals surface area contributed by atoms with E-state index in [0.29, 0.717) is 29.0 Å². The monoisotopic (exact) mass is 392 g/mol. The molecule has 8 nitrogen and oxygen atoms in total. The number of nitriles is 1. The fourth-order valence-corrected chi connectivity index (χ4v) is 3.43. The summed E-state index contributed by atoms with van der Waals surface area (Å²) in [5.41, 5.74) is 0.979. The zero-order valence-corrected chi connectivity index (χ0v) is 16.1. The lowest BCUT2D eigenvalue weighted by atomic mass is 9.88. The molecule has 0 bridgehead atoms. The molecule has 2 aromatic carbocycles. The van der Waals surface area contributed by atoms with Crippen LogP contribution in [0.3, 0.4) is 0 Å². The quantitative estimate of drug-likeness (QED) is 0.546. The maximum absolute atomic E-state index is 12.7. The number of rotatable bonds is 7. The summed E-state index contributed by atoms with van der Waals surface area (Å²) >= 11 is 0. The Morgan fingerprint density at radius 3 is 2.48 bits per heavy atom. The third-order valence-electron chi connectivity index (χ3n) is 4.88. The van der Waals surface area contributed by atoms with Gasteiger partial charge in [0, 0.05) is 18.7 Å². The number of urea groups is 1. The summed E-state index contributed by atoms with van der Waals surface area (Å²) in [5, 5.41) is 14.0. The van der Waals surface area contributed by atoms with E-state index in [0.717, 1.165) is 11.8 Å². The number of benzene rings is 2. The van der Waals surface area contributed by atoms with Crippen molar-refractivity contribution < 1.29 is 19.1 Å². The van der Waals surface area contributed by atoms with Crippen LogP contribution in [-0.4, -0.2) is 43.8 Å². The Morgan fingerprint density at radius 2 is 1.93 bits per heavy atom. The van der Waals surface area contributed by atoms with Crippen LogP contribution in [0.5, 0.6) is 5.75 Å². The van der Waals surface area contributed by atoms with Crippen LogP contribution in [0.1, 0.15) is 27.0 Å². The van der Waals surface area contributed by atoms with Gasteiger partial charge >= 0.3 is 6.03 Å². The molecule has 3 amide bonds. The van der Waals surface area contributed by atoms with E-state index in [1.807, 2.05) is 11.0 Å². The highest BCUT2D eigenvalue weighted by atomic mass is 16.5. The molecule has 148 valence electrons. The van der Waals surface area contributed by atoms with E-state index >= 15 is 0 Å². The van der Waals surface area contributed by atoms with Crippen LogP contribution < -0.4 is 15.4 Å². The van der Waals surface area contributed by atoms with Crippen LogP contribution in [-0.2, 0) is 16.9 Å². The molecule has 2 aromatic rings. The van der Waals surface area contributed by atoms with E-state index in [-0.39, 0.29) is 6.54 Å². The molecule has 0 saturated carbocycles. The maximum Gasteiger partial charge on any atom is 0.322 e. The smallest absolute Gasteiger partial charge is 0.322 e. The molecule has 2 N–H and O–H groups in total. The molecule has 0 unspecified atom stereocenters. The van der Waals surface area contributed by atoms with Crippen LogP contribution in [0.15, 0.2) is 42.5 Å². The Labute approximate surface area is 168 Å². The Kier molecular flexibility index (Phi) is 5.61. The highest BCUT2D eigenvalue weighted by Gasteiger charge is 2.48. The lowest BCUT2D eigenvalue weighted by Gasteiger charge is -2.31. The lowest BCUT2D eigenvalue weighted by Crippen LogP contribution is -2.51. The van der Waals surface area contributed by atoms with Crippen molar-refractivity contribution in [1.82, 2.24) is 15.5 Å². The Bertz CT molecular complexity index is 997. The zero-order chi connectivity index (χ0) is 21.0. The predicted molar refractivity (Wildman–Crippen MR) is 104 cm³/mol. The molecular formula is C21H20N4O4. The molecule has 1 aliphatic heterocycles. The summed E-state index contributed by atoms with van der Waals surface area (Å²) in [4.78, 5) is 37.9. The highest BCUT2D eigenvalue weighted by Crippen LogP contribution is 2.27. The van der Waals surface area contributed by atoms with Gasteiger partial charge in [-0.05, 0) is 42.4 Å². The number of likely N-dealkylation sites (N-methyl/N-ethyl adjacent to an activating group) is 1. The van der Waals surface area contributed by atoms with Crippen LogP contribution in [0.25, 0.3) is 0 Å². The first-order chi connectivity index (χ1) is 13.9. The summed E-state index contributed by atoms with van der Waals surface area (Å²) < 4.78 is 5.15. The predicted octanol–water partition coefficient (Wildman–Crippen LogP) is 1.55.